The van der Waals surface area contributed by atoms with Crippen molar-refractivity contribution >= 4 is 17.6 Å². The number of ketones is 1. The summed E-state index contributed by atoms with van der Waals surface area (Å²) in [7, 11) is 0. The second-order valence-electron chi connectivity index (χ2n) is 2.96. The lowest BCUT2D eigenvalue weighted by Gasteiger charge is -2.05. The lowest BCUT2D eigenvalue weighted by atomic mass is 10.3. The molecule has 0 spiro atoms. The van der Waals surface area contributed by atoms with Crippen LogP contribution in [0.3, 0.4) is 0 Å². The Kier molecular flexibility index (Phi) is 3.58. The Balaban J connectivity index is 2.35. The fraction of sp³-hybridized carbons (Fsp3) is 0.625. The number of esters is 1. The van der Waals surface area contributed by atoms with Gasteiger partial charge in [0, 0.05) is 13.5 Å². The number of aliphatic imine (C=N–C) groups is 1. The standard InChI is InChI=1S/C8H13N3O3/c1-5(12)8-10-3-6(11-8)4-14-7(13)2-9/h6H,2-4,9H2,1H3,(H,10,11). The number of carbonyl (C=O) groups is 2. The zero-order valence-electron chi connectivity index (χ0n) is 7.95. The molecule has 0 aromatic rings. The molecule has 1 rings (SSSR count). The Morgan fingerprint density at radius 2 is 2.43 bits per heavy atom. The van der Waals surface area contributed by atoms with Crippen LogP contribution >= 0.6 is 0 Å². The van der Waals surface area contributed by atoms with Crippen LogP contribution in [0, 0.1) is 0 Å². The molecule has 0 aliphatic carbocycles. The molecular formula is C8H13N3O3. The maximum absolute atomic E-state index is 10.9. The van der Waals surface area contributed by atoms with E-state index in [0.29, 0.717) is 12.4 Å². The minimum atomic E-state index is -0.462. The molecule has 0 bridgehead atoms. The zero-order valence-corrected chi connectivity index (χ0v) is 7.95. The molecule has 1 aliphatic rings. The number of nitrogens with two attached hydrogens (primary N) is 1. The van der Waals surface area contributed by atoms with Crippen molar-refractivity contribution in [1.29, 1.82) is 0 Å². The first kappa shape index (κ1) is 10.6. The van der Waals surface area contributed by atoms with E-state index >= 15 is 0 Å². The van der Waals surface area contributed by atoms with Crippen LogP contribution in [-0.2, 0) is 14.3 Å². The van der Waals surface area contributed by atoms with Gasteiger partial charge in [0.05, 0.1) is 6.54 Å². The number of amidine groups is 1. The van der Waals surface area contributed by atoms with Gasteiger partial charge in [-0.2, -0.15) is 0 Å². The topological polar surface area (TPSA) is 93.8 Å². The molecule has 78 valence electrons. The molecule has 0 aromatic heterocycles. The molecule has 1 unspecified atom stereocenters. The number of ether oxygens (including phenoxy) is 1. The van der Waals surface area contributed by atoms with E-state index in [1.807, 2.05) is 0 Å². The number of Topliss-reactive ketones (excluding diaryl/α,β-unsaturated/α-hetero) is 1. The van der Waals surface area contributed by atoms with E-state index in [1.54, 1.807) is 0 Å². The maximum atomic E-state index is 10.9. The van der Waals surface area contributed by atoms with Crippen LogP contribution in [0.2, 0.25) is 0 Å². The fourth-order valence-electron chi connectivity index (χ4n) is 1.05. The molecule has 1 atom stereocenters. The molecule has 0 amide bonds. The average Bonchev–Trinajstić information content (AvgIpc) is 2.62. The summed E-state index contributed by atoms with van der Waals surface area (Å²) in [4.78, 5) is 25.6. The number of hydrogen-bond acceptors (Lipinski definition) is 6. The summed E-state index contributed by atoms with van der Waals surface area (Å²) >= 11 is 0. The third kappa shape index (κ3) is 2.81. The molecule has 0 saturated carbocycles. The highest BCUT2D eigenvalue weighted by atomic mass is 16.5. The fourth-order valence-corrected chi connectivity index (χ4v) is 1.05. The number of rotatable bonds is 4. The Morgan fingerprint density at radius 3 is 2.93 bits per heavy atom. The highest BCUT2D eigenvalue weighted by Crippen LogP contribution is 1.99. The SMILES string of the molecule is CC(=O)C1=NC(COC(=O)CN)CN1. The maximum Gasteiger partial charge on any atom is 0.319 e. The van der Waals surface area contributed by atoms with E-state index in [-0.39, 0.29) is 25.0 Å². The predicted octanol–water partition coefficient (Wildman–Crippen LogP) is -1.55. The summed E-state index contributed by atoms with van der Waals surface area (Å²) in [6.07, 6.45) is 0. The van der Waals surface area contributed by atoms with Gasteiger partial charge in [-0.25, -0.2) is 0 Å². The van der Waals surface area contributed by atoms with Crippen LogP contribution in [0.15, 0.2) is 4.99 Å². The third-order valence-electron chi connectivity index (χ3n) is 1.75. The van der Waals surface area contributed by atoms with Crippen molar-refractivity contribution in [3.63, 3.8) is 0 Å². The van der Waals surface area contributed by atoms with Crippen LogP contribution in [0.4, 0.5) is 0 Å². The first-order valence-electron chi connectivity index (χ1n) is 4.31. The van der Waals surface area contributed by atoms with Gasteiger partial charge in [0.15, 0.2) is 11.6 Å². The van der Waals surface area contributed by atoms with Crippen molar-refractivity contribution in [2.24, 2.45) is 10.7 Å². The summed E-state index contributed by atoms with van der Waals surface area (Å²) in [6, 6.07) is -0.176. The minimum Gasteiger partial charge on any atom is -0.462 e. The van der Waals surface area contributed by atoms with Crippen molar-refractivity contribution in [1.82, 2.24) is 5.32 Å². The van der Waals surface area contributed by atoms with Gasteiger partial charge < -0.3 is 15.8 Å². The summed E-state index contributed by atoms with van der Waals surface area (Å²) in [5.41, 5.74) is 5.05. The lowest BCUT2D eigenvalue weighted by molar-refractivity contribution is -0.142. The monoisotopic (exact) mass is 199 g/mol. The first-order chi connectivity index (χ1) is 6.63. The van der Waals surface area contributed by atoms with Crippen LogP contribution in [0.1, 0.15) is 6.92 Å². The van der Waals surface area contributed by atoms with Crippen molar-refractivity contribution in [2.45, 2.75) is 13.0 Å². The summed E-state index contributed by atoms with van der Waals surface area (Å²) in [5.74, 6) is -0.229. The second-order valence-corrected chi connectivity index (χ2v) is 2.96. The molecule has 0 saturated heterocycles. The second kappa shape index (κ2) is 4.71. The highest BCUT2D eigenvalue weighted by molar-refractivity contribution is 6.38. The highest BCUT2D eigenvalue weighted by Gasteiger charge is 2.20. The number of nitrogens with zero attached hydrogens (tertiary/aromatic N) is 1. The number of carbonyl (C=O) groups excluding carboxylic acids is 2. The zero-order chi connectivity index (χ0) is 10.6. The van der Waals surface area contributed by atoms with Gasteiger partial charge in [0.2, 0.25) is 0 Å². The van der Waals surface area contributed by atoms with Crippen molar-refractivity contribution in [2.75, 3.05) is 19.7 Å². The van der Waals surface area contributed by atoms with Crippen molar-refractivity contribution < 1.29 is 14.3 Å². The molecule has 6 nitrogen and oxygen atoms in total. The molecule has 1 aliphatic heterocycles. The molecule has 0 radical (unpaired) electrons. The van der Waals surface area contributed by atoms with Crippen molar-refractivity contribution in [3.8, 4) is 0 Å². The number of nitrogens with one attached hydrogen (secondary N) is 1. The molecule has 0 aromatic carbocycles. The Morgan fingerprint density at radius 1 is 1.71 bits per heavy atom. The predicted molar refractivity (Wildman–Crippen MR) is 49.9 cm³/mol. The van der Waals surface area contributed by atoms with E-state index in [1.165, 1.54) is 6.92 Å². The molecule has 14 heavy (non-hydrogen) atoms. The Hall–Kier alpha value is -1.43. The summed E-state index contributed by atoms with van der Waals surface area (Å²) in [6.45, 7) is 1.98. The molecular weight excluding hydrogens is 186 g/mol. The summed E-state index contributed by atoms with van der Waals surface area (Å²) in [5, 5.41) is 2.83. The van der Waals surface area contributed by atoms with Gasteiger partial charge in [0.1, 0.15) is 12.6 Å². The van der Waals surface area contributed by atoms with Gasteiger partial charge >= 0.3 is 5.97 Å². The molecule has 1 heterocycles. The van der Waals surface area contributed by atoms with Crippen LogP contribution in [0.5, 0.6) is 0 Å². The van der Waals surface area contributed by atoms with Gasteiger partial charge in [-0.1, -0.05) is 0 Å². The van der Waals surface area contributed by atoms with E-state index in [4.69, 9.17) is 10.5 Å². The van der Waals surface area contributed by atoms with Gasteiger partial charge in [-0.05, 0) is 0 Å². The Bertz CT molecular complexity index is 275. The minimum absolute atomic E-state index is 0.113. The van der Waals surface area contributed by atoms with Gasteiger partial charge in [-0.3, -0.25) is 14.6 Å². The van der Waals surface area contributed by atoms with Gasteiger partial charge in [-0.15, -0.1) is 0 Å². The normalized spacial score (nSPS) is 19.9. The Labute approximate surface area is 81.5 Å². The average molecular weight is 199 g/mol. The van der Waals surface area contributed by atoms with E-state index < -0.39 is 5.97 Å². The summed E-state index contributed by atoms with van der Waals surface area (Å²) < 4.78 is 4.78. The lowest BCUT2D eigenvalue weighted by Crippen LogP contribution is -2.28. The smallest absolute Gasteiger partial charge is 0.319 e. The van der Waals surface area contributed by atoms with Crippen LogP contribution in [0.25, 0.3) is 0 Å². The van der Waals surface area contributed by atoms with E-state index in [2.05, 4.69) is 10.3 Å². The molecule has 3 N–H and O–H groups in total. The van der Waals surface area contributed by atoms with E-state index in [9.17, 15) is 9.59 Å². The van der Waals surface area contributed by atoms with Gasteiger partial charge in [0.25, 0.3) is 0 Å². The first-order valence-corrected chi connectivity index (χ1v) is 4.31. The van der Waals surface area contributed by atoms with Crippen LogP contribution in [-0.4, -0.2) is 43.3 Å². The molecule has 6 heteroatoms. The van der Waals surface area contributed by atoms with Crippen LogP contribution < -0.4 is 11.1 Å². The van der Waals surface area contributed by atoms with E-state index in [0.717, 1.165) is 0 Å². The number of hydrogen-bond donors (Lipinski definition) is 2. The quantitative estimate of drug-likeness (QED) is 0.534. The van der Waals surface area contributed by atoms with Crippen molar-refractivity contribution in [3.05, 3.63) is 0 Å². The largest absolute Gasteiger partial charge is 0.462 e. The molecule has 0 fully saturated rings. The third-order valence-corrected chi connectivity index (χ3v) is 1.75.